The van der Waals surface area contributed by atoms with E-state index < -0.39 is 28.5 Å². The zero-order valence-electron chi connectivity index (χ0n) is 20.4. The van der Waals surface area contributed by atoms with E-state index in [1.807, 2.05) is 26.0 Å². The first-order valence-electron chi connectivity index (χ1n) is 12.3. The molecule has 0 radical (unpaired) electrons. The minimum Gasteiger partial charge on any atom is -0.469 e. The van der Waals surface area contributed by atoms with Crippen molar-refractivity contribution in [1.82, 2.24) is 0 Å². The standard InChI is InChI=1S/C27H32O7/c1-13-14(15-7-6-10-32-15)11-16-20(13)27(4)17(12-19(29)31-5)26(3)18(28)8-9-25(2)22(26)21(23(27)33-16)34-24(25)30/h6-7,10,14,16-17,21-23H,8-9,11-12H2,1-5H3. The Balaban J connectivity index is 1.56. The number of methoxy groups -OCH3 is 1. The Morgan fingerprint density at radius 1 is 1.21 bits per heavy atom. The lowest BCUT2D eigenvalue weighted by molar-refractivity contribution is -0.197. The highest BCUT2D eigenvalue weighted by atomic mass is 16.6. The third kappa shape index (κ3) is 2.39. The van der Waals surface area contributed by atoms with Gasteiger partial charge in [0.1, 0.15) is 23.8 Å². The highest BCUT2D eigenvalue weighted by Gasteiger charge is 2.78. The molecular weight excluding hydrogens is 436 g/mol. The topological polar surface area (TPSA) is 92.0 Å². The van der Waals surface area contributed by atoms with Gasteiger partial charge in [0, 0.05) is 29.1 Å². The molecule has 5 aliphatic rings. The van der Waals surface area contributed by atoms with Crippen LogP contribution in [0, 0.1) is 28.1 Å². The zero-order chi connectivity index (χ0) is 24.2. The van der Waals surface area contributed by atoms with Crippen LogP contribution in [0.1, 0.15) is 65.1 Å². The molecule has 0 N–H and O–H groups in total. The number of furan rings is 1. The number of ether oxygens (including phenoxy) is 3. The molecule has 6 rings (SSSR count). The molecule has 2 saturated carbocycles. The molecule has 182 valence electrons. The summed E-state index contributed by atoms with van der Waals surface area (Å²) in [6.45, 7) is 8.11. The fraction of sp³-hybridized carbons (Fsp3) is 0.667. The second-order valence-electron chi connectivity index (χ2n) is 11.5. The van der Waals surface area contributed by atoms with Gasteiger partial charge >= 0.3 is 11.9 Å². The number of hydrogen-bond acceptors (Lipinski definition) is 7. The van der Waals surface area contributed by atoms with Crippen LogP contribution in [-0.4, -0.2) is 43.1 Å². The first-order chi connectivity index (χ1) is 16.1. The highest BCUT2D eigenvalue weighted by Crippen LogP contribution is 2.72. The average molecular weight is 469 g/mol. The van der Waals surface area contributed by atoms with E-state index >= 15 is 0 Å². The predicted octanol–water partition coefficient (Wildman–Crippen LogP) is 3.97. The number of Topliss-reactive ketones (excluding diaryl/α,β-unsaturated/α-hetero) is 1. The fourth-order valence-electron chi connectivity index (χ4n) is 8.78. The fourth-order valence-corrected chi connectivity index (χ4v) is 8.78. The van der Waals surface area contributed by atoms with E-state index in [1.54, 1.807) is 6.26 Å². The van der Waals surface area contributed by atoms with Crippen LogP contribution < -0.4 is 0 Å². The van der Waals surface area contributed by atoms with Crippen molar-refractivity contribution in [3.05, 3.63) is 35.3 Å². The molecule has 7 heteroatoms. The molecule has 4 fully saturated rings. The predicted molar refractivity (Wildman–Crippen MR) is 119 cm³/mol. The van der Waals surface area contributed by atoms with Crippen molar-refractivity contribution in [3.63, 3.8) is 0 Å². The molecule has 34 heavy (non-hydrogen) atoms. The van der Waals surface area contributed by atoms with Crippen LogP contribution in [0.4, 0.5) is 0 Å². The summed E-state index contributed by atoms with van der Waals surface area (Å²) in [4.78, 5) is 39.8. The molecule has 0 bridgehead atoms. The summed E-state index contributed by atoms with van der Waals surface area (Å²) in [5, 5.41) is 0. The van der Waals surface area contributed by atoms with E-state index in [0.717, 1.165) is 23.3 Å². The van der Waals surface area contributed by atoms with E-state index in [0.29, 0.717) is 12.8 Å². The van der Waals surface area contributed by atoms with Gasteiger partial charge in [-0.1, -0.05) is 19.4 Å². The molecule has 2 aliphatic heterocycles. The van der Waals surface area contributed by atoms with Crippen LogP contribution in [0.5, 0.6) is 0 Å². The van der Waals surface area contributed by atoms with Crippen LogP contribution in [0.15, 0.2) is 34.0 Å². The summed E-state index contributed by atoms with van der Waals surface area (Å²) >= 11 is 0. The molecule has 3 aliphatic carbocycles. The van der Waals surface area contributed by atoms with Gasteiger partial charge < -0.3 is 18.6 Å². The van der Waals surface area contributed by atoms with Gasteiger partial charge in [-0.25, -0.2) is 0 Å². The van der Waals surface area contributed by atoms with E-state index in [4.69, 9.17) is 18.6 Å². The van der Waals surface area contributed by atoms with E-state index in [2.05, 4.69) is 13.8 Å². The molecular formula is C27H32O7. The van der Waals surface area contributed by atoms with Gasteiger partial charge in [-0.3, -0.25) is 14.4 Å². The zero-order valence-corrected chi connectivity index (χ0v) is 20.4. The molecule has 3 heterocycles. The molecule has 0 spiro atoms. The number of rotatable bonds is 3. The van der Waals surface area contributed by atoms with Gasteiger partial charge in [0.05, 0.1) is 31.3 Å². The molecule has 7 nitrogen and oxygen atoms in total. The van der Waals surface area contributed by atoms with Gasteiger partial charge in [-0.15, -0.1) is 0 Å². The van der Waals surface area contributed by atoms with Crippen molar-refractivity contribution in [1.29, 1.82) is 0 Å². The van der Waals surface area contributed by atoms with E-state index in [1.165, 1.54) is 7.11 Å². The monoisotopic (exact) mass is 468 g/mol. The minimum atomic E-state index is -0.905. The molecule has 0 amide bonds. The van der Waals surface area contributed by atoms with Crippen LogP contribution in [0.3, 0.4) is 0 Å². The smallest absolute Gasteiger partial charge is 0.312 e. The SMILES string of the molecule is COC(=O)CC1C2(C)C3=C(C)C(c4ccco4)CC3OC2C2OC(=O)C3(C)CCC(=O)C1(C)C23. The maximum absolute atomic E-state index is 13.8. The van der Waals surface area contributed by atoms with Gasteiger partial charge in [0.25, 0.3) is 0 Å². The normalized spacial score (nSPS) is 46.7. The van der Waals surface area contributed by atoms with Crippen LogP contribution in [-0.2, 0) is 28.6 Å². The molecule has 9 atom stereocenters. The second-order valence-corrected chi connectivity index (χ2v) is 11.5. The van der Waals surface area contributed by atoms with Crippen molar-refractivity contribution in [2.75, 3.05) is 7.11 Å². The van der Waals surface area contributed by atoms with Gasteiger partial charge in [-0.2, -0.15) is 0 Å². The Kier molecular flexibility index (Phi) is 4.44. The van der Waals surface area contributed by atoms with Crippen LogP contribution >= 0.6 is 0 Å². The van der Waals surface area contributed by atoms with Crippen molar-refractivity contribution < 1.29 is 33.0 Å². The van der Waals surface area contributed by atoms with Gasteiger partial charge in [0.2, 0.25) is 0 Å². The number of ketones is 1. The number of carbonyl (C=O) groups excluding carboxylic acids is 3. The third-order valence-electron chi connectivity index (χ3n) is 10.3. The van der Waals surface area contributed by atoms with Crippen molar-refractivity contribution in [2.45, 2.75) is 77.6 Å². The number of allylic oxidation sites excluding steroid dienone is 1. The van der Waals surface area contributed by atoms with Crippen molar-refractivity contribution in [3.8, 4) is 0 Å². The summed E-state index contributed by atoms with van der Waals surface area (Å²) in [5.74, 6) is -0.224. The Bertz CT molecular complexity index is 1120. The number of hydrogen-bond donors (Lipinski definition) is 0. The Morgan fingerprint density at radius 3 is 2.65 bits per heavy atom. The lowest BCUT2D eigenvalue weighted by Crippen LogP contribution is -2.67. The Labute approximate surface area is 199 Å². The summed E-state index contributed by atoms with van der Waals surface area (Å²) in [5.41, 5.74) is -0.0201. The Hall–Kier alpha value is -2.41. The van der Waals surface area contributed by atoms with Crippen molar-refractivity contribution >= 4 is 17.7 Å². The molecule has 0 aromatic carbocycles. The lowest BCUT2D eigenvalue weighted by atomic mass is 9.40. The average Bonchev–Trinajstić information content (AvgIpc) is 3.54. The largest absolute Gasteiger partial charge is 0.469 e. The first kappa shape index (κ1) is 22.1. The van der Waals surface area contributed by atoms with Gasteiger partial charge in [-0.05, 0) is 50.3 Å². The number of fused-ring (bicyclic) bond motifs is 4. The number of carbonyl (C=O) groups is 3. The van der Waals surface area contributed by atoms with E-state index in [-0.39, 0.29) is 48.0 Å². The molecule has 1 aromatic rings. The maximum atomic E-state index is 13.8. The Morgan fingerprint density at radius 2 is 1.97 bits per heavy atom. The van der Waals surface area contributed by atoms with E-state index in [9.17, 15) is 14.4 Å². The molecule has 9 unspecified atom stereocenters. The molecule has 2 saturated heterocycles. The number of esters is 2. The quantitative estimate of drug-likeness (QED) is 0.490. The molecule has 1 aromatic heterocycles. The summed E-state index contributed by atoms with van der Waals surface area (Å²) < 4.78 is 23.7. The summed E-state index contributed by atoms with van der Waals surface area (Å²) in [6, 6.07) is 3.87. The lowest BCUT2D eigenvalue weighted by Gasteiger charge is -2.60. The van der Waals surface area contributed by atoms with Crippen LogP contribution in [0.25, 0.3) is 0 Å². The minimum absolute atomic E-state index is 0.0792. The summed E-state index contributed by atoms with van der Waals surface area (Å²) in [6.07, 6.45) is 2.19. The highest BCUT2D eigenvalue weighted by molar-refractivity contribution is 5.92. The maximum Gasteiger partial charge on any atom is 0.312 e. The van der Waals surface area contributed by atoms with Gasteiger partial charge in [0.15, 0.2) is 0 Å². The first-order valence-corrected chi connectivity index (χ1v) is 12.3. The second kappa shape index (κ2) is 6.84. The van der Waals surface area contributed by atoms with Crippen LogP contribution in [0.2, 0.25) is 0 Å². The third-order valence-corrected chi connectivity index (χ3v) is 10.3. The summed E-state index contributed by atoms with van der Waals surface area (Å²) in [7, 11) is 1.38. The van der Waals surface area contributed by atoms with Crippen molar-refractivity contribution in [2.24, 2.45) is 28.1 Å².